The summed E-state index contributed by atoms with van der Waals surface area (Å²) in [6.07, 6.45) is 2.60. The smallest absolute Gasteiger partial charge is 0.222 e. The van der Waals surface area contributed by atoms with E-state index in [1.165, 1.54) is 5.56 Å². The van der Waals surface area contributed by atoms with Crippen LogP contribution in [-0.4, -0.2) is 54.9 Å². The standard InChI is InChI=1S/C18H27ClN4O.HI/c1-3-20-18(21-11-5-13-23-12-4-6-17(23)24)22(2)14-15-7-9-16(19)10-8-15;/h7-10H,3-6,11-14H2,1-2H3,(H,20,21);1H. The lowest BCUT2D eigenvalue weighted by Gasteiger charge is -2.22. The number of benzene rings is 1. The Morgan fingerprint density at radius 2 is 2.08 bits per heavy atom. The van der Waals surface area contributed by atoms with Gasteiger partial charge in [-0.15, -0.1) is 24.0 Å². The lowest BCUT2D eigenvalue weighted by molar-refractivity contribution is -0.127. The van der Waals surface area contributed by atoms with Gasteiger partial charge in [-0.3, -0.25) is 9.79 Å². The van der Waals surface area contributed by atoms with Gasteiger partial charge in [0.05, 0.1) is 0 Å². The molecule has 1 aliphatic heterocycles. The second kappa shape index (κ2) is 11.6. The molecule has 140 valence electrons. The molecule has 0 radical (unpaired) electrons. The predicted octanol–water partition coefficient (Wildman–Crippen LogP) is 3.37. The van der Waals surface area contributed by atoms with Crippen LogP contribution in [0.3, 0.4) is 0 Å². The fourth-order valence-corrected chi connectivity index (χ4v) is 2.92. The van der Waals surface area contributed by atoms with Gasteiger partial charge in [-0.05, 0) is 37.5 Å². The molecule has 25 heavy (non-hydrogen) atoms. The number of guanidine groups is 1. The van der Waals surface area contributed by atoms with Gasteiger partial charge in [0, 0.05) is 51.2 Å². The van der Waals surface area contributed by atoms with Crippen molar-refractivity contribution >= 4 is 47.4 Å². The zero-order chi connectivity index (χ0) is 17.4. The van der Waals surface area contributed by atoms with Crippen molar-refractivity contribution in [3.8, 4) is 0 Å². The molecule has 0 bridgehead atoms. The van der Waals surface area contributed by atoms with Gasteiger partial charge in [0.1, 0.15) is 0 Å². The molecule has 0 saturated carbocycles. The van der Waals surface area contributed by atoms with Crippen LogP contribution in [0.15, 0.2) is 29.3 Å². The summed E-state index contributed by atoms with van der Waals surface area (Å²) < 4.78 is 0. The van der Waals surface area contributed by atoms with Crippen molar-refractivity contribution in [1.82, 2.24) is 15.1 Å². The van der Waals surface area contributed by atoms with Gasteiger partial charge in [0.2, 0.25) is 5.91 Å². The molecule has 0 aliphatic carbocycles. The summed E-state index contributed by atoms with van der Waals surface area (Å²) in [6.45, 7) is 6.09. The summed E-state index contributed by atoms with van der Waals surface area (Å²) in [5, 5.41) is 4.07. The van der Waals surface area contributed by atoms with E-state index < -0.39 is 0 Å². The average Bonchev–Trinajstić information content (AvgIpc) is 2.97. The zero-order valence-corrected chi connectivity index (χ0v) is 18.1. The van der Waals surface area contributed by atoms with Crippen molar-refractivity contribution in [1.29, 1.82) is 0 Å². The first-order valence-corrected chi connectivity index (χ1v) is 8.99. The Bertz CT molecular complexity index is 565. The molecule has 0 unspecified atom stereocenters. The average molecular weight is 479 g/mol. The third-order valence-electron chi connectivity index (χ3n) is 4.05. The number of carbonyl (C=O) groups excluding carboxylic acids is 1. The number of hydrogen-bond donors (Lipinski definition) is 1. The summed E-state index contributed by atoms with van der Waals surface area (Å²) in [5.41, 5.74) is 1.19. The van der Waals surface area contributed by atoms with Crippen LogP contribution >= 0.6 is 35.6 Å². The third-order valence-corrected chi connectivity index (χ3v) is 4.30. The van der Waals surface area contributed by atoms with Crippen molar-refractivity contribution < 1.29 is 4.79 Å². The van der Waals surface area contributed by atoms with E-state index in [1.54, 1.807) is 0 Å². The van der Waals surface area contributed by atoms with Crippen LogP contribution in [0.25, 0.3) is 0 Å². The van der Waals surface area contributed by atoms with E-state index >= 15 is 0 Å². The first-order chi connectivity index (χ1) is 11.6. The molecule has 2 rings (SSSR count). The van der Waals surface area contributed by atoms with Crippen LogP contribution in [0.5, 0.6) is 0 Å². The number of rotatable bonds is 7. The van der Waals surface area contributed by atoms with Gasteiger partial charge in [-0.1, -0.05) is 23.7 Å². The highest BCUT2D eigenvalue weighted by atomic mass is 127. The van der Waals surface area contributed by atoms with Gasteiger partial charge in [-0.2, -0.15) is 0 Å². The Kier molecular flexibility index (Phi) is 10.2. The predicted molar refractivity (Wildman–Crippen MR) is 115 cm³/mol. The summed E-state index contributed by atoms with van der Waals surface area (Å²) in [6, 6.07) is 7.87. The van der Waals surface area contributed by atoms with Crippen molar-refractivity contribution in [3.05, 3.63) is 34.9 Å². The van der Waals surface area contributed by atoms with Gasteiger partial charge in [-0.25, -0.2) is 0 Å². The molecular formula is C18H28ClIN4O. The fraction of sp³-hybridized carbons (Fsp3) is 0.556. The van der Waals surface area contributed by atoms with E-state index in [0.29, 0.717) is 6.42 Å². The Balaban J connectivity index is 0.00000312. The first kappa shape index (κ1) is 22.0. The third kappa shape index (κ3) is 7.40. The quantitative estimate of drug-likeness (QED) is 0.283. The molecule has 1 aromatic carbocycles. The second-order valence-corrected chi connectivity index (χ2v) is 6.49. The topological polar surface area (TPSA) is 47.9 Å². The van der Waals surface area contributed by atoms with E-state index in [0.717, 1.165) is 56.5 Å². The lowest BCUT2D eigenvalue weighted by atomic mass is 10.2. The molecule has 1 aliphatic rings. The summed E-state index contributed by atoms with van der Waals surface area (Å²) in [4.78, 5) is 20.3. The minimum atomic E-state index is 0. The van der Waals surface area contributed by atoms with Crippen LogP contribution in [0, 0.1) is 0 Å². The van der Waals surface area contributed by atoms with E-state index in [1.807, 2.05) is 36.2 Å². The molecule has 0 atom stereocenters. The van der Waals surface area contributed by atoms with Crippen LogP contribution in [0.2, 0.25) is 5.02 Å². The van der Waals surface area contributed by atoms with Crippen molar-refractivity contribution in [2.45, 2.75) is 32.7 Å². The van der Waals surface area contributed by atoms with Crippen LogP contribution in [0.1, 0.15) is 31.7 Å². The minimum Gasteiger partial charge on any atom is -0.357 e. The highest BCUT2D eigenvalue weighted by Gasteiger charge is 2.18. The van der Waals surface area contributed by atoms with Crippen LogP contribution < -0.4 is 5.32 Å². The van der Waals surface area contributed by atoms with Crippen LogP contribution in [0.4, 0.5) is 0 Å². The summed E-state index contributed by atoms with van der Waals surface area (Å²) in [5.74, 6) is 1.17. The first-order valence-electron chi connectivity index (χ1n) is 8.62. The van der Waals surface area contributed by atoms with Gasteiger partial charge in [0.15, 0.2) is 5.96 Å². The highest BCUT2D eigenvalue weighted by molar-refractivity contribution is 14.0. The largest absolute Gasteiger partial charge is 0.357 e. The van der Waals surface area contributed by atoms with Crippen molar-refractivity contribution in [2.75, 3.05) is 33.2 Å². The maximum absolute atomic E-state index is 11.6. The monoisotopic (exact) mass is 478 g/mol. The number of halogens is 2. The van der Waals surface area contributed by atoms with Crippen LogP contribution in [-0.2, 0) is 11.3 Å². The highest BCUT2D eigenvalue weighted by Crippen LogP contribution is 2.11. The molecule has 1 N–H and O–H groups in total. The molecule has 1 fully saturated rings. The number of likely N-dealkylation sites (tertiary alicyclic amines) is 1. The number of nitrogens with one attached hydrogen (secondary N) is 1. The molecular weight excluding hydrogens is 451 g/mol. The molecule has 5 nitrogen and oxygen atoms in total. The van der Waals surface area contributed by atoms with Gasteiger partial charge in [0.25, 0.3) is 0 Å². The van der Waals surface area contributed by atoms with Crippen molar-refractivity contribution in [3.63, 3.8) is 0 Å². The number of aliphatic imine (C=N–C) groups is 1. The number of nitrogens with zero attached hydrogens (tertiary/aromatic N) is 3. The molecule has 1 amide bonds. The fourth-order valence-electron chi connectivity index (χ4n) is 2.80. The Morgan fingerprint density at radius 1 is 1.36 bits per heavy atom. The molecule has 1 heterocycles. The van der Waals surface area contributed by atoms with E-state index in [9.17, 15) is 4.79 Å². The van der Waals surface area contributed by atoms with E-state index in [2.05, 4.69) is 22.1 Å². The maximum atomic E-state index is 11.6. The molecule has 0 spiro atoms. The molecule has 0 aromatic heterocycles. The maximum Gasteiger partial charge on any atom is 0.222 e. The Morgan fingerprint density at radius 3 is 2.68 bits per heavy atom. The SMILES string of the molecule is CCNC(=NCCCN1CCCC1=O)N(C)Cc1ccc(Cl)cc1.I. The summed E-state index contributed by atoms with van der Waals surface area (Å²) >= 11 is 5.93. The number of hydrogen-bond acceptors (Lipinski definition) is 2. The van der Waals surface area contributed by atoms with Gasteiger partial charge < -0.3 is 15.1 Å². The van der Waals surface area contributed by atoms with E-state index in [4.69, 9.17) is 11.6 Å². The summed E-state index contributed by atoms with van der Waals surface area (Å²) in [7, 11) is 2.03. The van der Waals surface area contributed by atoms with E-state index in [-0.39, 0.29) is 29.9 Å². The Hall–Kier alpha value is -1.02. The Labute approximate surface area is 172 Å². The molecule has 7 heteroatoms. The molecule has 1 saturated heterocycles. The minimum absolute atomic E-state index is 0. The lowest BCUT2D eigenvalue weighted by Crippen LogP contribution is -2.38. The second-order valence-electron chi connectivity index (χ2n) is 6.06. The normalized spacial score (nSPS) is 14.4. The van der Waals surface area contributed by atoms with Crippen molar-refractivity contribution in [2.24, 2.45) is 4.99 Å². The number of amides is 1. The molecule has 1 aromatic rings. The zero-order valence-electron chi connectivity index (χ0n) is 15.0. The van der Waals surface area contributed by atoms with Gasteiger partial charge >= 0.3 is 0 Å². The number of carbonyl (C=O) groups is 1.